The number of ether oxygens (including phenoxy) is 2. The lowest BCUT2D eigenvalue weighted by atomic mass is 10.1. The van der Waals surface area contributed by atoms with Crippen molar-refractivity contribution in [2.75, 3.05) is 24.8 Å². The quantitative estimate of drug-likeness (QED) is 0.674. The van der Waals surface area contributed by atoms with Crippen LogP contribution >= 0.6 is 0 Å². The predicted octanol–water partition coefficient (Wildman–Crippen LogP) is 3.13. The highest BCUT2D eigenvalue weighted by molar-refractivity contribution is 7.92. The van der Waals surface area contributed by atoms with Crippen molar-refractivity contribution in [2.24, 2.45) is 0 Å². The molecule has 0 aliphatic carbocycles. The Morgan fingerprint density at radius 1 is 1.00 bits per heavy atom. The molecule has 2 aromatic rings. The zero-order valence-corrected chi connectivity index (χ0v) is 18.2. The smallest absolute Gasteiger partial charge is 0.244 e. The number of hydrogen-bond acceptors (Lipinski definition) is 5. The van der Waals surface area contributed by atoms with Gasteiger partial charge in [-0.1, -0.05) is 19.1 Å². The van der Waals surface area contributed by atoms with E-state index in [0.717, 1.165) is 21.9 Å². The Morgan fingerprint density at radius 3 is 1.90 bits per heavy atom. The predicted molar refractivity (Wildman–Crippen MR) is 114 cm³/mol. The highest BCUT2D eigenvalue weighted by Crippen LogP contribution is 2.26. The summed E-state index contributed by atoms with van der Waals surface area (Å²) in [4.78, 5) is 13.0. The number of carbonyl (C=O) groups excluding carboxylic acids is 1. The Kier molecular flexibility index (Phi) is 7.50. The molecule has 29 heavy (non-hydrogen) atoms. The second kappa shape index (κ2) is 9.65. The minimum Gasteiger partial charge on any atom is -0.497 e. The molecule has 2 atom stereocenters. The van der Waals surface area contributed by atoms with Crippen LogP contribution in [-0.2, 0) is 14.8 Å². The first-order valence-corrected chi connectivity index (χ1v) is 11.1. The van der Waals surface area contributed by atoms with Crippen LogP contribution in [-0.4, -0.2) is 40.8 Å². The van der Waals surface area contributed by atoms with Gasteiger partial charge in [0.25, 0.3) is 0 Å². The first-order valence-electron chi connectivity index (χ1n) is 9.29. The number of carbonyl (C=O) groups is 1. The van der Waals surface area contributed by atoms with Gasteiger partial charge in [0.2, 0.25) is 15.9 Å². The van der Waals surface area contributed by atoms with Crippen LogP contribution in [0.5, 0.6) is 11.5 Å². The van der Waals surface area contributed by atoms with Crippen LogP contribution in [0.4, 0.5) is 5.69 Å². The first kappa shape index (κ1) is 22.5. The number of amides is 1. The highest BCUT2D eigenvalue weighted by atomic mass is 32.2. The Balaban J connectivity index is 2.26. The molecule has 1 amide bonds. The molecule has 0 radical (unpaired) electrons. The molecule has 0 aliphatic heterocycles. The Bertz CT molecular complexity index is 911. The molecule has 0 heterocycles. The van der Waals surface area contributed by atoms with Crippen molar-refractivity contribution < 1.29 is 22.7 Å². The molecule has 0 aromatic heterocycles. The summed E-state index contributed by atoms with van der Waals surface area (Å²) >= 11 is 0. The molecule has 1 N–H and O–H groups in total. The summed E-state index contributed by atoms with van der Waals surface area (Å²) in [6.07, 6.45) is 1.42. The number of methoxy groups -OCH3 is 2. The first-order chi connectivity index (χ1) is 13.7. The van der Waals surface area contributed by atoms with Gasteiger partial charge in [-0.25, -0.2) is 8.42 Å². The lowest BCUT2D eigenvalue weighted by molar-refractivity contribution is -0.122. The van der Waals surface area contributed by atoms with Crippen molar-refractivity contribution in [1.29, 1.82) is 0 Å². The largest absolute Gasteiger partial charge is 0.497 e. The zero-order valence-electron chi connectivity index (χ0n) is 17.4. The number of sulfonamides is 1. The Labute approximate surface area is 172 Å². The van der Waals surface area contributed by atoms with Gasteiger partial charge in [0.15, 0.2) is 0 Å². The number of benzene rings is 2. The van der Waals surface area contributed by atoms with E-state index in [1.54, 1.807) is 38.3 Å². The van der Waals surface area contributed by atoms with Crippen LogP contribution in [0.1, 0.15) is 31.9 Å². The van der Waals surface area contributed by atoms with Crippen molar-refractivity contribution in [3.05, 3.63) is 54.1 Å². The van der Waals surface area contributed by atoms with Crippen LogP contribution in [0.3, 0.4) is 0 Å². The van der Waals surface area contributed by atoms with E-state index in [-0.39, 0.29) is 11.9 Å². The van der Waals surface area contributed by atoms with E-state index in [9.17, 15) is 13.2 Å². The van der Waals surface area contributed by atoms with Crippen LogP contribution in [0.15, 0.2) is 48.5 Å². The molecule has 0 fully saturated rings. The topological polar surface area (TPSA) is 84.9 Å². The summed E-state index contributed by atoms with van der Waals surface area (Å²) in [5.41, 5.74) is 1.30. The lowest BCUT2D eigenvalue weighted by Gasteiger charge is -2.31. The van der Waals surface area contributed by atoms with E-state index in [1.807, 2.05) is 31.2 Å². The molecule has 0 bridgehead atoms. The normalized spacial score (nSPS) is 13.3. The third kappa shape index (κ3) is 5.63. The van der Waals surface area contributed by atoms with Crippen LogP contribution in [0, 0.1) is 0 Å². The van der Waals surface area contributed by atoms with Gasteiger partial charge in [0, 0.05) is 0 Å². The minimum atomic E-state index is -3.69. The van der Waals surface area contributed by atoms with Gasteiger partial charge < -0.3 is 14.8 Å². The Hall–Kier alpha value is -2.74. The summed E-state index contributed by atoms with van der Waals surface area (Å²) < 4.78 is 36.5. The average molecular weight is 421 g/mol. The number of hydrogen-bond donors (Lipinski definition) is 1. The molecule has 7 nitrogen and oxygen atoms in total. The molecule has 0 aliphatic rings. The molecular weight excluding hydrogens is 392 g/mol. The fourth-order valence-electron chi connectivity index (χ4n) is 3.07. The van der Waals surface area contributed by atoms with Gasteiger partial charge in [-0.2, -0.15) is 0 Å². The second-order valence-electron chi connectivity index (χ2n) is 6.68. The molecule has 0 unspecified atom stereocenters. The summed E-state index contributed by atoms with van der Waals surface area (Å²) in [5.74, 6) is 0.964. The maximum absolute atomic E-state index is 13.0. The van der Waals surface area contributed by atoms with Crippen molar-refractivity contribution in [3.8, 4) is 11.5 Å². The maximum atomic E-state index is 13.0. The lowest BCUT2D eigenvalue weighted by Crippen LogP contribution is -2.49. The SMILES string of the molecule is CC[C@@H](C(=O)N[C@@H](C)c1ccc(OC)cc1)N(c1ccc(OC)cc1)S(C)(=O)=O. The van der Waals surface area contributed by atoms with E-state index < -0.39 is 16.1 Å². The molecule has 0 saturated carbocycles. The van der Waals surface area contributed by atoms with Crippen LogP contribution in [0.2, 0.25) is 0 Å². The number of rotatable bonds is 9. The van der Waals surface area contributed by atoms with Gasteiger partial charge in [0.1, 0.15) is 17.5 Å². The standard InChI is InChI=1S/C21H28N2O5S/c1-6-20(21(24)22-15(2)16-7-11-18(27-3)12-8-16)23(29(5,25)26)17-9-13-19(28-4)14-10-17/h7-15,20H,6H2,1-5H3,(H,22,24)/t15-,20-/m0/s1. The second-order valence-corrected chi connectivity index (χ2v) is 8.54. The van der Waals surface area contributed by atoms with Crippen molar-refractivity contribution in [1.82, 2.24) is 5.32 Å². The highest BCUT2D eigenvalue weighted by Gasteiger charge is 2.32. The van der Waals surface area contributed by atoms with Crippen molar-refractivity contribution in [3.63, 3.8) is 0 Å². The molecule has 2 rings (SSSR count). The van der Waals surface area contributed by atoms with Crippen molar-refractivity contribution >= 4 is 21.6 Å². The molecule has 2 aromatic carbocycles. The third-order valence-electron chi connectivity index (χ3n) is 4.63. The number of anilines is 1. The fraction of sp³-hybridized carbons (Fsp3) is 0.381. The Morgan fingerprint density at radius 2 is 1.48 bits per heavy atom. The summed E-state index contributed by atoms with van der Waals surface area (Å²) in [6.45, 7) is 3.63. The van der Waals surface area contributed by atoms with Gasteiger partial charge >= 0.3 is 0 Å². The average Bonchev–Trinajstić information content (AvgIpc) is 2.71. The number of nitrogens with one attached hydrogen (secondary N) is 1. The monoisotopic (exact) mass is 420 g/mol. The summed E-state index contributed by atoms with van der Waals surface area (Å²) in [6, 6.07) is 12.8. The molecular formula is C21H28N2O5S. The molecule has 0 saturated heterocycles. The van der Waals surface area contributed by atoms with E-state index in [1.165, 1.54) is 7.11 Å². The number of nitrogens with zero attached hydrogens (tertiary/aromatic N) is 1. The van der Waals surface area contributed by atoms with Gasteiger partial charge in [-0.15, -0.1) is 0 Å². The van der Waals surface area contributed by atoms with E-state index in [4.69, 9.17) is 9.47 Å². The van der Waals surface area contributed by atoms with Gasteiger partial charge in [-0.3, -0.25) is 9.10 Å². The van der Waals surface area contributed by atoms with Gasteiger partial charge in [-0.05, 0) is 55.3 Å². The van der Waals surface area contributed by atoms with Crippen molar-refractivity contribution in [2.45, 2.75) is 32.4 Å². The van der Waals surface area contributed by atoms with Crippen LogP contribution < -0.4 is 19.1 Å². The van der Waals surface area contributed by atoms with Gasteiger partial charge in [0.05, 0.1) is 32.2 Å². The molecule has 0 spiro atoms. The van der Waals surface area contributed by atoms with E-state index in [0.29, 0.717) is 17.9 Å². The zero-order chi connectivity index (χ0) is 21.6. The van der Waals surface area contributed by atoms with E-state index in [2.05, 4.69) is 5.32 Å². The maximum Gasteiger partial charge on any atom is 0.244 e. The summed E-state index contributed by atoms with van der Waals surface area (Å²) in [7, 11) is -0.566. The fourth-order valence-corrected chi connectivity index (χ4v) is 4.29. The van der Waals surface area contributed by atoms with Crippen LogP contribution in [0.25, 0.3) is 0 Å². The summed E-state index contributed by atoms with van der Waals surface area (Å²) in [5, 5.41) is 2.92. The third-order valence-corrected chi connectivity index (χ3v) is 5.81. The molecule has 8 heteroatoms. The van der Waals surface area contributed by atoms with E-state index >= 15 is 0 Å². The molecule has 158 valence electrons. The minimum absolute atomic E-state index is 0.292.